The summed E-state index contributed by atoms with van der Waals surface area (Å²) in [5.74, 6) is -1.93. The van der Waals surface area contributed by atoms with Crippen LogP contribution in [0.5, 0.6) is 0 Å². The van der Waals surface area contributed by atoms with E-state index in [9.17, 15) is 20.4 Å². The second-order valence-electron chi connectivity index (χ2n) is 5.39. The van der Waals surface area contributed by atoms with Crippen molar-refractivity contribution in [2.24, 2.45) is 0 Å². The standard InChI is InChI=1S/C14H21NO5/c1-8-3-9(2)5-10(4-8)15-7-14(19)13(18)12(17)11(16)6-20-14/h3-5,11-13,15-19H,6-7H2,1-2H3/t11-,12-,13+,14-/m1/s1. The number of ether oxygens (including phenoxy) is 1. The van der Waals surface area contributed by atoms with E-state index in [-0.39, 0.29) is 13.2 Å². The summed E-state index contributed by atoms with van der Waals surface area (Å²) in [5, 5.41) is 42.0. The summed E-state index contributed by atoms with van der Waals surface area (Å²) in [4.78, 5) is 0. The van der Waals surface area contributed by atoms with Crippen LogP contribution in [0, 0.1) is 13.8 Å². The van der Waals surface area contributed by atoms with E-state index in [2.05, 4.69) is 5.32 Å². The molecule has 1 aromatic rings. The lowest BCUT2D eigenvalue weighted by molar-refractivity contribution is -0.313. The molecule has 0 amide bonds. The van der Waals surface area contributed by atoms with Crippen molar-refractivity contribution in [1.82, 2.24) is 0 Å². The van der Waals surface area contributed by atoms with Gasteiger partial charge in [-0.15, -0.1) is 0 Å². The average Bonchev–Trinajstić information content (AvgIpc) is 2.38. The highest BCUT2D eigenvalue weighted by atomic mass is 16.6. The van der Waals surface area contributed by atoms with Gasteiger partial charge in [-0.2, -0.15) is 0 Å². The third kappa shape index (κ3) is 3.11. The maximum absolute atomic E-state index is 10.2. The minimum absolute atomic E-state index is 0.0964. The van der Waals surface area contributed by atoms with Gasteiger partial charge in [0, 0.05) is 5.69 Å². The zero-order valence-corrected chi connectivity index (χ0v) is 11.6. The molecular weight excluding hydrogens is 262 g/mol. The summed E-state index contributed by atoms with van der Waals surface area (Å²) < 4.78 is 5.08. The second kappa shape index (κ2) is 5.67. The highest BCUT2D eigenvalue weighted by Crippen LogP contribution is 2.25. The topological polar surface area (TPSA) is 102 Å². The van der Waals surface area contributed by atoms with Gasteiger partial charge in [0.15, 0.2) is 0 Å². The molecule has 112 valence electrons. The van der Waals surface area contributed by atoms with E-state index in [1.54, 1.807) is 0 Å². The molecule has 5 N–H and O–H groups in total. The molecule has 0 radical (unpaired) electrons. The number of benzene rings is 1. The zero-order valence-electron chi connectivity index (χ0n) is 11.6. The van der Waals surface area contributed by atoms with Crippen molar-refractivity contribution in [3.8, 4) is 0 Å². The van der Waals surface area contributed by atoms with Gasteiger partial charge in [-0.05, 0) is 37.1 Å². The largest absolute Gasteiger partial charge is 0.388 e. The Kier molecular flexibility index (Phi) is 4.31. The van der Waals surface area contributed by atoms with Crippen molar-refractivity contribution >= 4 is 5.69 Å². The number of rotatable bonds is 3. The number of aliphatic hydroxyl groups is 4. The van der Waals surface area contributed by atoms with E-state index in [4.69, 9.17) is 4.74 Å². The third-order valence-electron chi connectivity index (χ3n) is 3.45. The van der Waals surface area contributed by atoms with Crippen LogP contribution in [0.3, 0.4) is 0 Å². The first-order valence-corrected chi connectivity index (χ1v) is 6.54. The number of nitrogens with one attached hydrogen (secondary N) is 1. The second-order valence-corrected chi connectivity index (χ2v) is 5.39. The third-order valence-corrected chi connectivity index (χ3v) is 3.45. The molecule has 0 spiro atoms. The molecule has 1 aliphatic heterocycles. The number of hydrogen-bond acceptors (Lipinski definition) is 6. The van der Waals surface area contributed by atoms with Crippen LogP contribution in [0.2, 0.25) is 0 Å². The lowest BCUT2D eigenvalue weighted by atomic mass is 9.96. The van der Waals surface area contributed by atoms with Crippen LogP contribution >= 0.6 is 0 Å². The molecule has 6 heteroatoms. The number of hydrogen-bond donors (Lipinski definition) is 5. The van der Waals surface area contributed by atoms with Crippen LogP contribution in [-0.4, -0.2) is 57.7 Å². The molecular formula is C14H21NO5. The molecule has 0 aromatic heterocycles. The molecule has 1 fully saturated rings. The molecule has 0 aliphatic carbocycles. The first-order chi connectivity index (χ1) is 9.32. The molecule has 1 aromatic carbocycles. The minimum atomic E-state index is -1.93. The summed E-state index contributed by atoms with van der Waals surface area (Å²) in [7, 11) is 0. The molecule has 1 aliphatic rings. The molecule has 4 atom stereocenters. The predicted octanol–water partition coefficient (Wildman–Crippen LogP) is -0.483. The lowest BCUT2D eigenvalue weighted by Crippen LogP contribution is -2.63. The molecule has 2 rings (SSSR count). The van der Waals surface area contributed by atoms with Crippen molar-refractivity contribution in [2.45, 2.75) is 37.9 Å². The number of anilines is 1. The van der Waals surface area contributed by atoms with Crippen molar-refractivity contribution in [3.63, 3.8) is 0 Å². The van der Waals surface area contributed by atoms with Gasteiger partial charge in [-0.3, -0.25) is 0 Å². The highest BCUT2D eigenvalue weighted by molar-refractivity contribution is 5.48. The lowest BCUT2D eigenvalue weighted by Gasteiger charge is -2.41. The summed E-state index contributed by atoms with van der Waals surface area (Å²) in [6, 6.07) is 5.82. The number of aryl methyl sites for hydroxylation is 2. The summed E-state index contributed by atoms with van der Waals surface area (Å²) in [6.45, 7) is 3.59. The fourth-order valence-corrected chi connectivity index (χ4v) is 2.35. The van der Waals surface area contributed by atoms with E-state index in [1.165, 1.54) is 0 Å². The Morgan fingerprint density at radius 2 is 1.80 bits per heavy atom. The van der Waals surface area contributed by atoms with Gasteiger partial charge in [-0.1, -0.05) is 6.07 Å². The number of aliphatic hydroxyl groups excluding tert-OH is 3. The van der Waals surface area contributed by atoms with Crippen LogP contribution < -0.4 is 5.32 Å². The molecule has 6 nitrogen and oxygen atoms in total. The Hall–Kier alpha value is -1.18. The Labute approximate surface area is 117 Å². The van der Waals surface area contributed by atoms with Crippen LogP contribution in [0.15, 0.2) is 18.2 Å². The molecule has 1 heterocycles. The summed E-state index contributed by atoms with van der Waals surface area (Å²) >= 11 is 0. The van der Waals surface area contributed by atoms with Crippen LogP contribution in [0.25, 0.3) is 0 Å². The van der Waals surface area contributed by atoms with Crippen LogP contribution in [0.4, 0.5) is 5.69 Å². The first kappa shape index (κ1) is 15.2. The monoisotopic (exact) mass is 283 g/mol. The average molecular weight is 283 g/mol. The van der Waals surface area contributed by atoms with Gasteiger partial charge >= 0.3 is 0 Å². The molecule has 0 saturated carbocycles. The molecule has 0 bridgehead atoms. The van der Waals surface area contributed by atoms with E-state index in [0.29, 0.717) is 0 Å². The smallest absolute Gasteiger partial charge is 0.212 e. The first-order valence-electron chi connectivity index (χ1n) is 6.54. The summed E-state index contributed by atoms with van der Waals surface area (Å²) in [6.07, 6.45) is -4.22. The summed E-state index contributed by atoms with van der Waals surface area (Å²) in [5.41, 5.74) is 2.92. The highest BCUT2D eigenvalue weighted by Gasteiger charge is 2.48. The Morgan fingerprint density at radius 1 is 1.20 bits per heavy atom. The molecule has 0 unspecified atom stereocenters. The minimum Gasteiger partial charge on any atom is -0.388 e. The van der Waals surface area contributed by atoms with E-state index >= 15 is 0 Å². The molecule has 1 saturated heterocycles. The van der Waals surface area contributed by atoms with Gasteiger partial charge in [0.2, 0.25) is 5.79 Å². The van der Waals surface area contributed by atoms with Crippen molar-refractivity contribution in [1.29, 1.82) is 0 Å². The van der Waals surface area contributed by atoms with Crippen molar-refractivity contribution in [2.75, 3.05) is 18.5 Å². The van der Waals surface area contributed by atoms with Crippen molar-refractivity contribution < 1.29 is 25.2 Å². The quantitative estimate of drug-likeness (QED) is 0.513. The van der Waals surface area contributed by atoms with Crippen molar-refractivity contribution in [3.05, 3.63) is 29.3 Å². The normalized spacial score (nSPS) is 34.0. The van der Waals surface area contributed by atoms with Crippen LogP contribution in [0.1, 0.15) is 11.1 Å². The maximum Gasteiger partial charge on any atom is 0.212 e. The predicted molar refractivity (Wildman–Crippen MR) is 73.3 cm³/mol. The van der Waals surface area contributed by atoms with Crippen LogP contribution in [-0.2, 0) is 4.74 Å². The van der Waals surface area contributed by atoms with Gasteiger partial charge in [-0.25, -0.2) is 0 Å². The molecule has 20 heavy (non-hydrogen) atoms. The van der Waals surface area contributed by atoms with Gasteiger partial charge in [0.1, 0.15) is 18.3 Å². The van der Waals surface area contributed by atoms with Gasteiger partial charge < -0.3 is 30.5 Å². The SMILES string of the molecule is Cc1cc(C)cc(NC[C@@]2(O)OC[C@@H](O)[C@@H](O)[C@@H]2O)c1. The zero-order chi connectivity index (χ0) is 14.9. The van der Waals surface area contributed by atoms with E-state index in [1.807, 2.05) is 32.0 Å². The van der Waals surface area contributed by atoms with Gasteiger partial charge in [0.25, 0.3) is 0 Å². The fourth-order valence-electron chi connectivity index (χ4n) is 2.35. The van der Waals surface area contributed by atoms with Gasteiger partial charge in [0.05, 0.1) is 13.2 Å². The Morgan fingerprint density at radius 3 is 2.40 bits per heavy atom. The maximum atomic E-state index is 10.2. The Bertz CT molecular complexity index is 460. The van der Waals surface area contributed by atoms with E-state index in [0.717, 1.165) is 16.8 Å². The fraction of sp³-hybridized carbons (Fsp3) is 0.571. The Balaban J connectivity index is 2.05. The van der Waals surface area contributed by atoms with E-state index < -0.39 is 24.1 Å².